The highest BCUT2D eigenvalue weighted by atomic mass is 16.5. The quantitative estimate of drug-likeness (QED) is 0.784. The highest BCUT2D eigenvalue weighted by molar-refractivity contribution is 5.87. The zero-order valence-corrected chi connectivity index (χ0v) is 12.1. The fourth-order valence-electron chi connectivity index (χ4n) is 2.37. The van der Waals surface area contributed by atoms with E-state index in [4.69, 9.17) is 4.74 Å². The molecule has 3 unspecified atom stereocenters. The molecule has 3 atom stereocenters. The van der Waals surface area contributed by atoms with Crippen molar-refractivity contribution in [1.29, 1.82) is 0 Å². The molecule has 0 saturated carbocycles. The summed E-state index contributed by atoms with van der Waals surface area (Å²) >= 11 is 0. The Morgan fingerprint density at radius 3 is 2.52 bits per heavy atom. The molecule has 2 amide bonds. The van der Waals surface area contributed by atoms with Crippen molar-refractivity contribution >= 4 is 12.0 Å². The highest BCUT2D eigenvalue weighted by Crippen LogP contribution is 2.21. The first-order valence-electron chi connectivity index (χ1n) is 6.92. The van der Waals surface area contributed by atoms with E-state index in [9.17, 15) is 14.7 Å². The molecule has 21 heavy (non-hydrogen) atoms. The third-order valence-electron chi connectivity index (χ3n) is 3.84. The lowest BCUT2D eigenvalue weighted by molar-refractivity contribution is -0.144. The topological polar surface area (TPSA) is 87.7 Å². The van der Waals surface area contributed by atoms with Gasteiger partial charge in [-0.1, -0.05) is 30.3 Å². The van der Waals surface area contributed by atoms with Crippen LogP contribution in [0.5, 0.6) is 0 Å². The van der Waals surface area contributed by atoms with Crippen molar-refractivity contribution in [1.82, 2.24) is 10.6 Å². The molecule has 1 aliphatic heterocycles. The maximum Gasteiger partial charge on any atom is 0.333 e. The molecule has 1 aromatic carbocycles. The van der Waals surface area contributed by atoms with Gasteiger partial charge in [-0.05, 0) is 25.8 Å². The third-order valence-corrected chi connectivity index (χ3v) is 3.84. The van der Waals surface area contributed by atoms with Gasteiger partial charge in [-0.25, -0.2) is 9.59 Å². The van der Waals surface area contributed by atoms with Gasteiger partial charge in [0.1, 0.15) is 0 Å². The third kappa shape index (κ3) is 3.33. The van der Waals surface area contributed by atoms with Gasteiger partial charge in [0, 0.05) is 6.61 Å². The number of carboxylic acid groups (broad SMARTS) is 1. The average molecular weight is 292 g/mol. The summed E-state index contributed by atoms with van der Waals surface area (Å²) in [6.45, 7) is 3.95. The Hall–Kier alpha value is -2.08. The number of carbonyl (C=O) groups is 2. The SMILES string of the molecule is CC1OCCC1NC(=O)NC(C)(C(=O)O)c1ccccc1. The minimum Gasteiger partial charge on any atom is -0.479 e. The number of hydrogen-bond donors (Lipinski definition) is 3. The van der Waals surface area contributed by atoms with Crippen molar-refractivity contribution in [2.45, 2.75) is 38.0 Å². The number of benzene rings is 1. The van der Waals surface area contributed by atoms with Crippen LogP contribution in [-0.2, 0) is 15.1 Å². The fourth-order valence-corrected chi connectivity index (χ4v) is 2.37. The van der Waals surface area contributed by atoms with Gasteiger partial charge in [0.15, 0.2) is 5.54 Å². The van der Waals surface area contributed by atoms with E-state index in [0.29, 0.717) is 12.2 Å². The minimum absolute atomic E-state index is 0.0661. The van der Waals surface area contributed by atoms with E-state index in [2.05, 4.69) is 10.6 Å². The first-order chi connectivity index (χ1) is 9.93. The molecule has 1 fully saturated rings. The summed E-state index contributed by atoms with van der Waals surface area (Å²) < 4.78 is 5.37. The van der Waals surface area contributed by atoms with Crippen LogP contribution in [0.15, 0.2) is 30.3 Å². The fraction of sp³-hybridized carbons (Fsp3) is 0.467. The van der Waals surface area contributed by atoms with Gasteiger partial charge < -0.3 is 20.5 Å². The standard InChI is InChI=1S/C15H20N2O4/c1-10-12(8-9-21-10)16-14(20)17-15(2,13(18)19)11-6-4-3-5-7-11/h3-7,10,12H,8-9H2,1-2H3,(H,18,19)(H2,16,17,20). The summed E-state index contributed by atoms with van der Waals surface area (Å²) in [5.41, 5.74) is -0.961. The van der Waals surface area contributed by atoms with Gasteiger partial charge in [0.2, 0.25) is 0 Å². The monoisotopic (exact) mass is 292 g/mol. The Bertz CT molecular complexity index is 520. The number of hydrogen-bond acceptors (Lipinski definition) is 3. The van der Waals surface area contributed by atoms with Gasteiger partial charge in [0.25, 0.3) is 0 Å². The van der Waals surface area contributed by atoms with Crippen LogP contribution in [0.2, 0.25) is 0 Å². The van der Waals surface area contributed by atoms with Gasteiger partial charge in [-0.2, -0.15) is 0 Å². The van der Waals surface area contributed by atoms with Crippen molar-refractivity contribution < 1.29 is 19.4 Å². The molecule has 0 spiro atoms. The van der Waals surface area contributed by atoms with Gasteiger partial charge in [-0.15, -0.1) is 0 Å². The lowest BCUT2D eigenvalue weighted by Crippen LogP contribution is -2.55. The molecule has 1 heterocycles. The van der Waals surface area contributed by atoms with Crippen LogP contribution in [0.1, 0.15) is 25.8 Å². The number of carbonyl (C=O) groups excluding carboxylic acids is 1. The molecule has 6 nitrogen and oxygen atoms in total. The predicted octanol–water partition coefficient (Wildman–Crippen LogP) is 1.46. The Morgan fingerprint density at radius 1 is 1.33 bits per heavy atom. The van der Waals surface area contributed by atoms with Crippen molar-refractivity contribution in [2.24, 2.45) is 0 Å². The van der Waals surface area contributed by atoms with Crippen molar-refractivity contribution in [3.63, 3.8) is 0 Å². The molecule has 1 aliphatic rings. The molecular formula is C15H20N2O4. The summed E-state index contributed by atoms with van der Waals surface area (Å²) in [5, 5.41) is 14.8. The van der Waals surface area contributed by atoms with Crippen molar-refractivity contribution in [3.8, 4) is 0 Å². The van der Waals surface area contributed by atoms with Crippen molar-refractivity contribution in [3.05, 3.63) is 35.9 Å². The first kappa shape index (κ1) is 15.3. The van der Waals surface area contributed by atoms with E-state index in [-0.39, 0.29) is 12.1 Å². The molecule has 2 rings (SSSR count). The van der Waals surface area contributed by atoms with Crippen LogP contribution in [0.4, 0.5) is 4.79 Å². The van der Waals surface area contributed by atoms with E-state index < -0.39 is 17.5 Å². The summed E-state index contributed by atoms with van der Waals surface area (Å²) in [6.07, 6.45) is 0.660. The number of ether oxygens (including phenoxy) is 1. The molecule has 1 aromatic rings. The first-order valence-corrected chi connectivity index (χ1v) is 6.92. The van der Waals surface area contributed by atoms with Crippen LogP contribution in [0.3, 0.4) is 0 Å². The molecule has 1 saturated heterocycles. The number of rotatable bonds is 4. The molecular weight excluding hydrogens is 272 g/mol. The van der Waals surface area contributed by atoms with E-state index in [1.54, 1.807) is 30.3 Å². The summed E-state index contributed by atoms with van der Waals surface area (Å²) in [4.78, 5) is 23.7. The summed E-state index contributed by atoms with van der Waals surface area (Å²) in [7, 11) is 0. The number of urea groups is 1. The molecule has 0 radical (unpaired) electrons. The Balaban J connectivity index is 2.09. The number of nitrogens with one attached hydrogen (secondary N) is 2. The van der Waals surface area contributed by atoms with E-state index >= 15 is 0 Å². The van der Waals surface area contributed by atoms with Gasteiger partial charge in [0.05, 0.1) is 12.1 Å². The van der Waals surface area contributed by atoms with Crippen molar-refractivity contribution in [2.75, 3.05) is 6.61 Å². The zero-order valence-electron chi connectivity index (χ0n) is 12.1. The average Bonchev–Trinajstić information content (AvgIpc) is 2.84. The Morgan fingerprint density at radius 2 is 2.00 bits per heavy atom. The van der Waals surface area contributed by atoms with E-state index in [1.807, 2.05) is 6.92 Å². The van der Waals surface area contributed by atoms with Gasteiger partial charge in [-0.3, -0.25) is 0 Å². The second-order valence-corrected chi connectivity index (χ2v) is 5.37. The molecule has 3 N–H and O–H groups in total. The molecule has 0 aliphatic carbocycles. The summed E-state index contributed by atoms with van der Waals surface area (Å²) in [6, 6.07) is 8.02. The molecule has 0 bridgehead atoms. The highest BCUT2D eigenvalue weighted by Gasteiger charge is 2.37. The van der Waals surface area contributed by atoms with Gasteiger partial charge >= 0.3 is 12.0 Å². The zero-order chi connectivity index (χ0) is 15.5. The Labute approximate surface area is 123 Å². The number of aliphatic carboxylic acids is 1. The van der Waals surface area contributed by atoms with Crippen LogP contribution in [0, 0.1) is 0 Å². The molecule has 0 aromatic heterocycles. The maximum atomic E-state index is 12.1. The molecule has 114 valence electrons. The van der Waals surface area contributed by atoms with E-state index in [1.165, 1.54) is 6.92 Å². The summed E-state index contributed by atoms with van der Waals surface area (Å²) in [5.74, 6) is -1.11. The maximum absolute atomic E-state index is 12.1. The normalized spacial score (nSPS) is 24.1. The second-order valence-electron chi connectivity index (χ2n) is 5.37. The van der Waals surface area contributed by atoms with E-state index in [0.717, 1.165) is 6.42 Å². The number of carboxylic acids is 1. The van der Waals surface area contributed by atoms with Crippen LogP contribution < -0.4 is 10.6 Å². The van der Waals surface area contributed by atoms with Crippen LogP contribution in [0.25, 0.3) is 0 Å². The largest absolute Gasteiger partial charge is 0.479 e. The smallest absolute Gasteiger partial charge is 0.333 e. The Kier molecular flexibility index (Phi) is 4.47. The second kappa shape index (κ2) is 6.13. The van der Waals surface area contributed by atoms with Crippen LogP contribution >= 0.6 is 0 Å². The lowest BCUT2D eigenvalue weighted by atomic mass is 9.92. The molecule has 6 heteroatoms. The van der Waals surface area contributed by atoms with Crippen LogP contribution in [-0.4, -0.2) is 35.9 Å². The number of amides is 2. The minimum atomic E-state index is -1.48. The lowest BCUT2D eigenvalue weighted by Gasteiger charge is -2.28. The predicted molar refractivity (Wildman–Crippen MR) is 76.9 cm³/mol.